The molecule has 26 heavy (non-hydrogen) atoms. The molecule has 1 fully saturated rings. The van der Waals surface area contributed by atoms with Crippen LogP contribution in [-0.4, -0.2) is 53.9 Å². The van der Waals surface area contributed by atoms with Crippen molar-refractivity contribution in [2.75, 3.05) is 31.1 Å². The van der Waals surface area contributed by atoms with Crippen LogP contribution < -0.4 is 10.2 Å². The fourth-order valence-electron chi connectivity index (χ4n) is 3.02. The number of aromatic nitrogens is 1. The van der Waals surface area contributed by atoms with Crippen LogP contribution in [0.1, 0.15) is 34.1 Å². The predicted molar refractivity (Wildman–Crippen MR) is 107 cm³/mol. The van der Waals surface area contributed by atoms with Crippen molar-refractivity contribution < 1.29 is 9.59 Å². The van der Waals surface area contributed by atoms with E-state index in [0.717, 1.165) is 23.4 Å². The van der Waals surface area contributed by atoms with E-state index >= 15 is 0 Å². The van der Waals surface area contributed by atoms with Gasteiger partial charge in [0.25, 0.3) is 0 Å². The fraction of sp³-hybridized carbons (Fsp3) is 0.632. The molecule has 0 aliphatic carbocycles. The standard InChI is InChI=1S/C19H29BrN4O2/c1-13(2)11-17(25)22-18(14(3)4)19(26)24-9-7-23(8-10-24)16-6-5-15(20)12-21-16/h5-6,12-14,18H,7-11H2,1-4H3,(H,22,25). The van der Waals surface area contributed by atoms with Gasteiger partial charge in [0.2, 0.25) is 11.8 Å². The highest BCUT2D eigenvalue weighted by Gasteiger charge is 2.31. The summed E-state index contributed by atoms with van der Waals surface area (Å²) < 4.78 is 0.951. The first kappa shape index (κ1) is 20.7. The van der Waals surface area contributed by atoms with Crippen LogP contribution in [0.15, 0.2) is 22.8 Å². The number of nitrogens with zero attached hydrogens (tertiary/aromatic N) is 3. The van der Waals surface area contributed by atoms with Gasteiger partial charge >= 0.3 is 0 Å². The van der Waals surface area contributed by atoms with Gasteiger partial charge in [-0.15, -0.1) is 0 Å². The lowest BCUT2D eigenvalue weighted by molar-refractivity contribution is -0.138. The van der Waals surface area contributed by atoms with Crippen LogP contribution in [0, 0.1) is 11.8 Å². The van der Waals surface area contributed by atoms with Gasteiger partial charge in [0.15, 0.2) is 0 Å². The molecule has 2 heterocycles. The fourth-order valence-corrected chi connectivity index (χ4v) is 3.26. The van der Waals surface area contributed by atoms with E-state index in [4.69, 9.17) is 0 Å². The van der Waals surface area contributed by atoms with E-state index in [1.807, 2.05) is 44.7 Å². The Balaban J connectivity index is 1.94. The van der Waals surface area contributed by atoms with E-state index in [1.54, 1.807) is 6.20 Å². The Hall–Kier alpha value is -1.63. The molecule has 1 atom stereocenters. The van der Waals surface area contributed by atoms with Crippen LogP contribution in [0.25, 0.3) is 0 Å². The molecule has 0 saturated carbocycles. The topological polar surface area (TPSA) is 65.5 Å². The monoisotopic (exact) mass is 424 g/mol. The van der Waals surface area contributed by atoms with Crippen LogP contribution >= 0.6 is 15.9 Å². The van der Waals surface area contributed by atoms with Gasteiger partial charge in [-0.05, 0) is 39.9 Å². The first-order chi connectivity index (χ1) is 12.3. The van der Waals surface area contributed by atoms with Crippen molar-refractivity contribution in [3.8, 4) is 0 Å². The molecule has 144 valence electrons. The second kappa shape index (κ2) is 9.35. The van der Waals surface area contributed by atoms with Crippen molar-refractivity contribution in [1.29, 1.82) is 0 Å². The quantitative estimate of drug-likeness (QED) is 0.761. The summed E-state index contributed by atoms with van der Waals surface area (Å²) in [6.45, 7) is 10.7. The van der Waals surface area contributed by atoms with Crippen molar-refractivity contribution >= 4 is 33.6 Å². The van der Waals surface area contributed by atoms with E-state index in [1.165, 1.54) is 0 Å². The van der Waals surface area contributed by atoms with Gasteiger partial charge in [-0.2, -0.15) is 0 Å². The molecule has 6 nitrogen and oxygen atoms in total. The Labute approximate surface area is 164 Å². The number of hydrogen-bond donors (Lipinski definition) is 1. The van der Waals surface area contributed by atoms with Gasteiger partial charge < -0.3 is 15.1 Å². The highest BCUT2D eigenvalue weighted by atomic mass is 79.9. The largest absolute Gasteiger partial charge is 0.353 e. The summed E-state index contributed by atoms with van der Waals surface area (Å²) in [5, 5.41) is 2.93. The lowest BCUT2D eigenvalue weighted by atomic mass is 10.0. The molecule has 1 unspecified atom stereocenters. The van der Waals surface area contributed by atoms with E-state index in [-0.39, 0.29) is 23.7 Å². The number of carbonyl (C=O) groups is 2. The molecule has 1 aliphatic heterocycles. The van der Waals surface area contributed by atoms with Crippen LogP contribution in [-0.2, 0) is 9.59 Å². The third kappa shape index (κ3) is 5.69. The smallest absolute Gasteiger partial charge is 0.245 e. The zero-order valence-corrected chi connectivity index (χ0v) is 17.6. The van der Waals surface area contributed by atoms with Crippen LogP contribution in [0.2, 0.25) is 0 Å². The molecule has 1 aliphatic rings. The van der Waals surface area contributed by atoms with Gasteiger partial charge in [-0.3, -0.25) is 9.59 Å². The molecule has 0 radical (unpaired) electrons. The molecule has 1 saturated heterocycles. The van der Waals surface area contributed by atoms with E-state index in [2.05, 4.69) is 31.1 Å². The Kier molecular flexibility index (Phi) is 7.43. The van der Waals surface area contributed by atoms with Gasteiger partial charge in [0, 0.05) is 43.3 Å². The number of anilines is 1. The Morgan fingerprint density at radius 1 is 1.15 bits per heavy atom. The van der Waals surface area contributed by atoms with Crippen molar-refractivity contribution in [3.63, 3.8) is 0 Å². The maximum absolute atomic E-state index is 12.9. The Bertz CT molecular complexity index is 610. The summed E-state index contributed by atoms with van der Waals surface area (Å²) in [6, 6.07) is 3.49. The number of amides is 2. The minimum absolute atomic E-state index is 0.0144. The van der Waals surface area contributed by atoms with E-state index in [9.17, 15) is 9.59 Å². The first-order valence-electron chi connectivity index (χ1n) is 9.22. The normalized spacial score (nSPS) is 16.1. The second-order valence-electron chi connectivity index (χ2n) is 7.53. The lowest BCUT2D eigenvalue weighted by Crippen LogP contribution is -2.56. The predicted octanol–water partition coefficient (Wildman–Crippen LogP) is 2.68. The molecule has 0 aromatic carbocycles. The molecular formula is C19H29BrN4O2. The number of hydrogen-bond acceptors (Lipinski definition) is 4. The molecule has 0 bridgehead atoms. The zero-order chi connectivity index (χ0) is 19.3. The molecule has 1 N–H and O–H groups in total. The van der Waals surface area contributed by atoms with Crippen LogP contribution in [0.5, 0.6) is 0 Å². The van der Waals surface area contributed by atoms with Crippen molar-refractivity contribution in [3.05, 3.63) is 22.8 Å². The summed E-state index contributed by atoms with van der Waals surface area (Å²) in [5.41, 5.74) is 0. The first-order valence-corrected chi connectivity index (χ1v) is 10.0. The summed E-state index contributed by atoms with van der Waals surface area (Å²) in [4.78, 5) is 33.5. The third-order valence-corrected chi connectivity index (χ3v) is 4.94. The minimum Gasteiger partial charge on any atom is -0.353 e. The van der Waals surface area contributed by atoms with Gasteiger partial charge in [-0.1, -0.05) is 27.7 Å². The lowest BCUT2D eigenvalue weighted by Gasteiger charge is -2.37. The molecule has 2 rings (SSSR count). The number of halogens is 1. The van der Waals surface area contributed by atoms with Gasteiger partial charge in [-0.25, -0.2) is 4.98 Å². The average molecular weight is 425 g/mol. The summed E-state index contributed by atoms with van der Waals surface area (Å²) in [5.74, 6) is 1.22. The highest BCUT2D eigenvalue weighted by molar-refractivity contribution is 9.10. The number of nitrogens with one attached hydrogen (secondary N) is 1. The molecule has 1 aromatic heterocycles. The molecule has 1 aromatic rings. The van der Waals surface area contributed by atoms with Crippen molar-refractivity contribution in [2.24, 2.45) is 11.8 Å². The molecule has 2 amide bonds. The SMILES string of the molecule is CC(C)CC(=O)NC(C(=O)N1CCN(c2ccc(Br)cn2)CC1)C(C)C. The van der Waals surface area contributed by atoms with Gasteiger partial charge in [0.1, 0.15) is 11.9 Å². The second-order valence-corrected chi connectivity index (χ2v) is 8.45. The van der Waals surface area contributed by atoms with Crippen LogP contribution in [0.4, 0.5) is 5.82 Å². The Morgan fingerprint density at radius 2 is 1.81 bits per heavy atom. The zero-order valence-electron chi connectivity index (χ0n) is 16.0. The Morgan fingerprint density at radius 3 is 2.31 bits per heavy atom. The maximum atomic E-state index is 12.9. The number of carbonyl (C=O) groups excluding carboxylic acids is 2. The number of piperazine rings is 1. The van der Waals surface area contributed by atoms with E-state index in [0.29, 0.717) is 19.5 Å². The highest BCUT2D eigenvalue weighted by Crippen LogP contribution is 2.17. The number of rotatable bonds is 6. The van der Waals surface area contributed by atoms with Crippen molar-refractivity contribution in [1.82, 2.24) is 15.2 Å². The number of pyridine rings is 1. The minimum atomic E-state index is -0.460. The van der Waals surface area contributed by atoms with Gasteiger partial charge in [0.05, 0.1) is 0 Å². The summed E-state index contributed by atoms with van der Waals surface area (Å²) >= 11 is 3.39. The summed E-state index contributed by atoms with van der Waals surface area (Å²) in [7, 11) is 0. The van der Waals surface area contributed by atoms with Crippen molar-refractivity contribution in [2.45, 2.75) is 40.2 Å². The molecule has 7 heteroatoms. The summed E-state index contributed by atoms with van der Waals surface area (Å²) in [6.07, 6.45) is 2.23. The maximum Gasteiger partial charge on any atom is 0.245 e. The van der Waals surface area contributed by atoms with Crippen LogP contribution in [0.3, 0.4) is 0 Å². The third-order valence-electron chi connectivity index (χ3n) is 4.47. The average Bonchev–Trinajstić information content (AvgIpc) is 2.59. The molecular weight excluding hydrogens is 396 g/mol. The van der Waals surface area contributed by atoms with E-state index < -0.39 is 6.04 Å². The molecule has 0 spiro atoms.